The summed E-state index contributed by atoms with van der Waals surface area (Å²) in [6.45, 7) is 0.134. The first kappa shape index (κ1) is 24.7. The molecule has 8 heteroatoms. The van der Waals surface area contributed by atoms with E-state index in [1.807, 2.05) is 36.4 Å². The largest absolute Gasteiger partial charge is 0.488 e. The van der Waals surface area contributed by atoms with Crippen LogP contribution in [0.3, 0.4) is 0 Å². The van der Waals surface area contributed by atoms with E-state index < -0.39 is 17.8 Å². The number of anilines is 1. The highest BCUT2D eigenvalue weighted by molar-refractivity contribution is 6.11. The predicted octanol–water partition coefficient (Wildman–Crippen LogP) is 5.36. The van der Waals surface area contributed by atoms with Crippen LogP contribution >= 0.6 is 0 Å². The van der Waals surface area contributed by atoms with Crippen molar-refractivity contribution in [1.29, 1.82) is 5.26 Å². The van der Waals surface area contributed by atoms with Crippen LogP contribution in [0.15, 0.2) is 90.5 Å². The van der Waals surface area contributed by atoms with E-state index in [-0.39, 0.29) is 29.0 Å². The number of benzene rings is 4. The number of carbonyl (C=O) groups excluding carboxylic acids is 1. The first-order valence-corrected chi connectivity index (χ1v) is 11.1. The third-order valence-electron chi connectivity index (χ3n) is 5.55. The lowest BCUT2D eigenvalue weighted by atomic mass is 10.0. The molecule has 0 saturated carbocycles. The molecule has 1 amide bonds. The Kier molecular flexibility index (Phi) is 7.27. The lowest BCUT2D eigenvalue weighted by Crippen LogP contribution is -2.14. The van der Waals surface area contributed by atoms with Crippen LogP contribution in [0.4, 0.5) is 5.69 Å². The zero-order valence-electron chi connectivity index (χ0n) is 19.3. The normalized spacial score (nSPS) is 10.9. The molecular formula is C29H20N2O6. The molecule has 0 aliphatic heterocycles. The molecule has 0 aromatic heterocycles. The molecule has 0 aliphatic carbocycles. The number of nitriles is 1. The summed E-state index contributed by atoms with van der Waals surface area (Å²) in [4.78, 5) is 35.2. The highest BCUT2D eigenvalue weighted by atomic mass is 16.5. The molecule has 182 valence electrons. The van der Waals surface area contributed by atoms with Crippen LogP contribution < -0.4 is 10.1 Å². The summed E-state index contributed by atoms with van der Waals surface area (Å²) in [5, 5.41) is 32.2. The van der Waals surface area contributed by atoms with Crippen LogP contribution in [0, 0.1) is 11.3 Å². The Morgan fingerprint density at radius 1 is 0.865 bits per heavy atom. The maximum absolute atomic E-state index is 12.9. The van der Waals surface area contributed by atoms with Gasteiger partial charge in [0.1, 0.15) is 24.0 Å². The Labute approximate surface area is 211 Å². The Balaban J connectivity index is 1.66. The maximum atomic E-state index is 12.9. The Morgan fingerprint density at radius 2 is 1.59 bits per heavy atom. The van der Waals surface area contributed by atoms with Gasteiger partial charge < -0.3 is 20.3 Å². The van der Waals surface area contributed by atoms with Gasteiger partial charge in [0, 0.05) is 11.3 Å². The van der Waals surface area contributed by atoms with Crippen LogP contribution in [-0.4, -0.2) is 28.1 Å². The smallest absolute Gasteiger partial charge is 0.335 e. The molecule has 0 heterocycles. The van der Waals surface area contributed by atoms with Crippen LogP contribution in [0.1, 0.15) is 31.8 Å². The number of carboxylic acids is 2. The zero-order valence-corrected chi connectivity index (χ0v) is 19.3. The van der Waals surface area contributed by atoms with Crippen molar-refractivity contribution in [2.75, 3.05) is 5.32 Å². The van der Waals surface area contributed by atoms with Gasteiger partial charge in [-0.2, -0.15) is 5.26 Å². The standard InChI is InChI=1S/C29H20N2O6/c30-16-22(27(32)31-23-6-3-5-21(14-23)29(35)36)15-25-24-7-2-1-4-19(24)12-13-26(25)37-17-18-8-10-20(11-9-18)28(33)34/h1-15H,17H2,(H,31,32)(H,33,34)(H,35,36)/b22-15-. The van der Waals surface area contributed by atoms with Crippen molar-refractivity contribution < 1.29 is 29.3 Å². The first-order chi connectivity index (χ1) is 17.9. The van der Waals surface area contributed by atoms with Crippen LogP contribution in [0.25, 0.3) is 16.8 Å². The van der Waals surface area contributed by atoms with Gasteiger partial charge in [-0.25, -0.2) is 9.59 Å². The van der Waals surface area contributed by atoms with Crippen molar-refractivity contribution in [3.63, 3.8) is 0 Å². The SMILES string of the molecule is N#C/C(=C/c1c(OCc2ccc(C(=O)O)cc2)ccc2ccccc12)C(=O)Nc1cccc(C(=O)O)c1. The van der Waals surface area contributed by atoms with E-state index in [4.69, 9.17) is 9.84 Å². The van der Waals surface area contributed by atoms with Gasteiger partial charge in [0.2, 0.25) is 0 Å². The molecule has 3 N–H and O–H groups in total. The highest BCUT2D eigenvalue weighted by Gasteiger charge is 2.15. The molecule has 0 unspecified atom stereocenters. The lowest BCUT2D eigenvalue weighted by Gasteiger charge is -2.13. The number of carbonyl (C=O) groups is 3. The van der Waals surface area contributed by atoms with E-state index in [1.54, 1.807) is 18.2 Å². The molecule has 8 nitrogen and oxygen atoms in total. The number of nitrogens with one attached hydrogen (secondary N) is 1. The molecule has 0 aliphatic rings. The van der Waals surface area contributed by atoms with Crippen molar-refractivity contribution >= 4 is 40.4 Å². The van der Waals surface area contributed by atoms with Gasteiger partial charge in [-0.3, -0.25) is 4.79 Å². The van der Waals surface area contributed by atoms with Gasteiger partial charge in [-0.05, 0) is 58.8 Å². The fraction of sp³-hybridized carbons (Fsp3) is 0.0345. The average molecular weight is 492 g/mol. The first-order valence-electron chi connectivity index (χ1n) is 11.1. The summed E-state index contributed by atoms with van der Waals surface area (Å²) in [7, 11) is 0. The number of carboxylic acid groups (broad SMARTS) is 2. The van der Waals surface area contributed by atoms with Gasteiger partial charge in [-0.15, -0.1) is 0 Å². The summed E-state index contributed by atoms with van der Waals surface area (Å²) in [5.41, 5.74) is 1.46. The predicted molar refractivity (Wildman–Crippen MR) is 137 cm³/mol. The highest BCUT2D eigenvalue weighted by Crippen LogP contribution is 2.31. The molecule has 0 fully saturated rings. The quantitative estimate of drug-likeness (QED) is 0.222. The number of aromatic carboxylic acids is 2. The summed E-state index contributed by atoms with van der Waals surface area (Å²) in [6.07, 6.45) is 1.43. The number of ether oxygens (including phenoxy) is 1. The van der Waals surface area contributed by atoms with Crippen molar-refractivity contribution in [1.82, 2.24) is 0 Å². The third-order valence-corrected chi connectivity index (χ3v) is 5.55. The van der Waals surface area contributed by atoms with Gasteiger partial charge in [0.15, 0.2) is 0 Å². The van der Waals surface area contributed by atoms with Gasteiger partial charge in [-0.1, -0.05) is 48.5 Å². The molecule has 4 aromatic rings. The van der Waals surface area contributed by atoms with Crippen LogP contribution in [0.5, 0.6) is 5.75 Å². The number of hydrogen-bond acceptors (Lipinski definition) is 5. The summed E-state index contributed by atoms with van der Waals surface area (Å²) >= 11 is 0. The minimum atomic E-state index is -1.14. The van der Waals surface area contributed by atoms with Crippen molar-refractivity contribution in [2.45, 2.75) is 6.61 Å². The Bertz CT molecular complexity index is 1580. The molecule has 4 aromatic carbocycles. The van der Waals surface area contributed by atoms with E-state index in [9.17, 15) is 24.8 Å². The van der Waals surface area contributed by atoms with Gasteiger partial charge in [0.25, 0.3) is 5.91 Å². The number of fused-ring (bicyclic) bond motifs is 1. The van der Waals surface area contributed by atoms with E-state index in [0.717, 1.165) is 16.3 Å². The van der Waals surface area contributed by atoms with Gasteiger partial charge >= 0.3 is 11.9 Å². The minimum Gasteiger partial charge on any atom is -0.488 e. The van der Waals surface area contributed by atoms with E-state index in [2.05, 4.69) is 5.32 Å². The maximum Gasteiger partial charge on any atom is 0.335 e. The van der Waals surface area contributed by atoms with E-state index >= 15 is 0 Å². The molecule has 37 heavy (non-hydrogen) atoms. The molecule has 0 radical (unpaired) electrons. The fourth-order valence-electron chi connectivity index (χ4n) is 3.68. The van der Waals surface area contributed by atoms with Crippen LogP contribution in [0.2, 0.25) is 0 Å². The van der Waals surface area contributed by atoms with E-state index in [1.165, 1.54) is 42.5 Å². The van der Waals surface area contributed by atoms with Crippen molar-refractivity contribution in [3.05, 3.63) is 113 Å². The Morgan fingerprint density at radius 3 is 2.30 bits per heavy atom. The minimum absolute atomic E-state index is 0.00131. The zero-order chi connectivity index (χ0) is 26.4. The summed E-state index contributed by atoms with van der Waals surface area (Å²) in [5.74, 6) is -2.43. The summed E-state index contributed by atoms with van der Waals surface area (Å²) in [6, 6.07) is 25.0. The Hall–Kier alpha value is -5.42. The fourth-order valence-corrected chi connectivity index (χ4v) is 3.68. The van der Waals surface area contributed by atoms with Gasteiger partial charge in [0.05, 0.1) is 11.1 Å². The van der Waals surface area contributed by atoms with Crippen molar-refractivity contribution in [3.8, 4) is 11.8 Å². The van der Waals surface area contributed by atoms with Crippen LogP contribution in [-0.2, 0) is 11.4 Å². The molecule has 0 saturated heterocycles. The average Bonchev–Trinajstić information content (AvgIpc) is 2.91. The number of hydrogen-bond donors (Lipinski definition) is 3. The number of nitrogens with zero attached hydrogens (tertiary/aromatic N) is 1. The second-order valence-electron chi connectivity index (χ2n) is 8.00. The molecule has 0 spiro atoms. The van der Waals surface area contributed by atoms with E-state index in [0.29, 0.717) is 11.3 Å². The molecule has 0 atom stereocenters. The summed E-state index contributed by atoms with van der Waals surface area (Å²) < 4.78 is 6.02. The second kappa shape index (κ2) is 10.9. The topological polar surface area (TPSA) is 137 Å². The molecule has 0 bridgehead atoms. The molecule has 4 rings (SSSR count). The number of rotatable bonds is 8. The second-order valence-corrected chi connectivity index (χ2v) is 8.00. The number of amides is 1. The molecular weight excluding hydrogens is 472 g/mol. The monoisotopic (exact) mass is 492 g/mol. The van der Waals surface area contributed by atoms with Crippen molar-refractivity contribution in [2.24, 2.45) is 0 Å². The lowest BCUT2D eigenvalue weighted by molar-refractivity contribution is -0.112. The third kappa shape index (κ3) is 5.81.